The molecule has 0 fully saturated rings. The Labute approximate surface area is 116 Å². The first kappa shape index (κ1) is 13.4. The van der Waals surface area contributed by atoms with E-state index in [1.807, 2.05) is 18.8 Å². The van der Waals surface area contributed by atoms with Crippen molar-refractivity contribution in [3.05, 3.63) is 39.9 Å². The molecular weight excluding hydrogens is 262 g/mol. The first-order valence-corrected chi connectivity index (χ1v) is 7.79. The predicted octanol–water partition coefficient (Wildman–Crippen LogP) is 3.63. The van der Waals surface area contributed by atoms with E-state index in [2.05, 4.69) is 47.6 Å². The van der Waals surface area contributed by atoms with Crippen molar-refractivity contribution >= 4 is 28.2 Å². The van der Waals surface area contributed by atoms with E-state index >= 15 is 0 Å². The summed E-state index contributed by atoms with van der Waals surface area (Å²) >= 11 is 3.50. The van der Waals surface area contributed by atoms with Gasteiger partial charge in [0.25, 0.3) is 0 Å². The van der Waals surface area contributed by atoms with Gasteiger partial charge in [-0.25, -0.2) is 0 Å². The first-order chi connectivity index (χ1) is 8.67. The lowest BCUT2D eigenvalue weighted by Gasteiger charge is -2.03. The molecule has 0 saturated carbocycles. The summed E-state index contributed by atoms with van der Waals surface area (Å²) in [6.07, 6.45) is 0. The molecule has 1 N–H and O–H groups in total. The molecule has 2 aromatic rings. The van der Waals surface area contributed by atoms with Crippen LogP contribution in [0.15, 0.2) is 18.2 Å². The van der Waals surface area contributed by atoms with Gasteiger partial charge >= 0.3 is 0 Å². The van der Waals surface area contributed by atoms with Crippen molar-refractivity contribution in [2.45, 2.75) is 25.4 Å². The summed E-state index contributed by atoms with van der Waals surface area (Å²) in [6, 6.07) is 6.70. The fraction of sp³-hybridized carbons (Fsp3) is 0.385. The van der Waals surface area contributed by atoms with E-state index in [1.54, 1.807) is 11.3 Å². The Balaban J connectivity index is 1.88. The maximum Gasteiger partial charge on any atom is 0.205 e. The summed E-state index contributed by atoms with van der Waals surface area (Å²) in [7, 11) is 1.87. The van der Waals surface area contributed by atoms with E-state index in [4.69, 9.17) is 0 Å². The van der Waals surface area contributed by atoms with Crippen LogP contribution in [0.25, 0.3) is 0 Å². The molecule has 96 valence electrons. The molecule has 0 aliphatic heterocycles. The largest absolute Gasteiger partial charge is 0.363 e. The van der Waals surface area contributed by atoms with Crippen molar-refractivity contribution in [3.63, 3.8) is 0 Å². The number of thioether (sulfide) groups is 1. The van der Waals surface area contributed by atoms with Crippen LogP contribution in [0.2, 0.25) is 0 Å². The van der Waals surface area contributed by atoms with E-state index < -0.39 is 0 Å². The molecule has 18 heavy (non-hydrogen) atoms. The lowest BCUT2D eigenvalue weighted by atomic mass is 10.1. The molecule has 1 aromatic heterocycles. The first-order valence-electron chi connectivity index (χ1n) is 5.82. The number of hydrogen-bond acceptors (Lipinski definition) is 5. The molecule has 0 saturated heterocycles. The van der Waals surface area contributed by atoms with Gasteiger partial charge in [0, 0.05) is 18.6 Å². The van der Waals surface area contributed by atoms with Gasteiger partial charge in [0.2, 0.25) is 5.13 Å². The van der Waals surface area contributed by atoms with Gasteiger partial charge in [-0.15, -0.1) is 22.0 Å². The maximum absolute atomic E-state index is 4.14. The molecule has 1 heterocycles. The summed E-state index contributed by atoms with van der Waals surface area (Å²) in [5, 5.41) is 13.1. The summed E-state index contributed by atoms with van der Waals surface area (Å²) in [6.45, 7) is 4.29. The van der Waals surface area contributed by atoms with E-state index in [9.17, 15) is 0 Å². The number of rotatable bonds is 5. The smallest absolute Gasteiger partial charge is 0.205 e. The highest BCUT2D eigenvalue weighted by Gasteiger charge is 2.03. The van der Waals surface area contributed by atoms with Crippen molar-refractivity contribution in [2.24, 2.45) is 0 Å². The fourth-order valence-corrected chi connectivity index (χ4v) is 3.53. The number of anilines is 1. The third-order valence-electron chi connectivity index (χ3n) is 2.46. The molecule has 0 bridgehead atoms. The molecule has 5 heteroatoms. The average molecular weight is 279 g/mol. The minimum absolute atomic E-state index is 0.886. The van der Waals surface area contributed by atoms with Crippen molar-refractivity contribution in [1.82, 2.24) is 10.2 Å². The zero-order valence-corrected chi connectivity index (χ0v) is 12.5. The highest BCUT2D eigenvalue weighted by molar-refractivity contribution is 7.97. The summed E-state index contributed by atoms with van der Waals surface area (Å²) in [4.78, 5) is 0. The third kappa shape index (κ3) is 3.71. The van der Waals surface area contributed by atoms with Crippen molar-refractivity contribution in [1.29, 1.82) is 0 Å². The van der Waals surface area contributed by atoms with Gasteiger partial charge in [-0.1, -0.05) is 40.7 Å². The van der Waals surface area contributed by atoms with Crippen LogP contribution in [-0.4, -0.2) is 17.2 Å². The van der Waals surface area contributed by atoms with Gasteiger partial charge in [-0.3, -0.25) is 0 Å². The topological polar surface area (TPSA) is 37.8 Å². The van der Waals surface area contributed by atoms with Crippen LogP contribution in [0.5, 0.6) is 0 Å². The Bertz CT molecular complexity index is 502. The van der Waals surface area contributed by atoms with Crippen LogP contribution >= 0.6 is 23.1 Å². The quantitative estimate of drug-likeness (QED) is 0.907. The van der Waals surface area contributed by atoms with Gasteiger partial charge in [0.05, 0.1) is 0 Å². The second-order valence-corrected chi connectivity index (χ2v) is 6.29. The number of benzene rings is 1. The second kappa shape index (κ2) is 6.20. The van der Waals surface area contributed by atoms with E-state index in [1.165, 1.54) is 16.7 Å². The minimum atomic E-state index is 0.886. The molecule has 0 unspecified atom stereocenters. The highest BCUT2D eigenvalue weighted by atomic mass is 32.2. The molecule has 0 spiro atoms. The molecule has 2 rings (SSSR count). The van der Waals surface area contributed by atoms with Crippen molar-refractivity contribution in [3.8, 4) is 0 Å². The van der Waals surface area contributed by atoms with Crippen LogP contribution in [0.1, 0.15) is 21.7 Å². The maximum atomic E-state index is 4.14. The molecule has 0 radical (unpaired) electrons. The lowest BCUT2D eigenvalue weighted by molar-refractivity contribution is 1.04. The van der Waals surface area contributed by atoms with Crippen LogP contribution in [0.3, 0.4) is 0 Å². The standard InChI is InChI=1S/C13H17N3S2/c1-9-4-10(2)6-11(5-9)7-17-8-12-15-16-13(14-3)18-12/h4-6H,7-8H2,1-3H3,(H,14,16). The Hall–Kier alpha value is -1.07. The Morgan fingerprint density at radius 2 is 1.83 bits per heavy atom. The summed E-state index contributed by atoms with van der Waals surface area (Å²) < 4.78 is 0. The number of aryl methyl sites for hydroxylation is 2. The number of aromatic nitrogens is 2. The number of hydrogen-bond donors (Lipinski definition) is 1. The normalized spacial score (nSPS) is 10.6. The van der Waals surface area contributed by atoms with E-state index in [0.717, 1.165) is 21.6 Å². The number of nitrogens with zero attached hydrogens (tertiary/aromatic N) is 2. The Morgan fingerprint density at radius 1 is 1.11 bits per heavy atom. The number of nitrogens with one attached hydrogen (secondary N) is 1. The Morgan fingerprint density at radius 3 is 2.44 bits per heavy atom. The Kier molecular flexibility index (Phi) is 4.60. The zero-order chi connectivity index (χ0) is 13.0. The monoisotopic (exact) mass is 279 g/mol. The fourth-order valence-electron chi connectivity index (χ4n) is 1.82. The van der Waals surface area contributed by atoms with Crippen LogP contribution < -0.4 is 5.32 Å². The van der Waals surface area contributed by atoms with Gasteiger partial charge in [-0.2, -0.15) is 0 Å². The van der Waals surface area contributed by atoms with Crippen LogP contribution in [0, 0.1) is 13.8 Å². The van der Waals surface area contributed by atoms with Gasteiger partial charge in [0.15, 0.2) is 0 Å². The van der Waals surface area contributed by atoms with Gasteiger partial charge in [-0.05, 0) is 19.4 Å². The molecule has 0 atom stereocenters. The molecule has 0 aliphatic rings. The molecule has 3 nitrogen and oxygen atoms in total. The van der Waals surface area contributed by atoms with Gasteiger partial charge < -0.3 is 5.32 Å². The summed E-state index contributed by atoms with van der Waals surface area (Å²) in [5.74, 6) is 1.95. The third-order valence-corrected chi connectivity index (χ3v) is 4.59. The second-order valence-electron chi connectivity index (χ2n) is 4.24. The SMILES string of the molecule is CNc1nnc(CSCc2cc(C)cc(C)c2)s1. The van der Waals surface area contributed by atoms with E-state index in [-0.39, 0.29) is 0 Å². The lowest BCUT2D eigenvalue weighted by Crippen LogP contribution is -1.86. The molecular formula is C13H17N3S2. The van der Waals surface area contributed by atoms with Gasteiger partial charge in [0.1, 0.15) is 5.01 Å². The summed E-state index contributed by atoms with van der Waals surface area (Å²) in [5.41, 5.74) is 4.05. The van der Waals surface area contributed by atoms with Crippen LogP contribution in [-0.2, 0) is 11.5 Å². The zero-order valence-electron chi connectivity index (χ0n) is 10.9. The van der Waals surface area contributed by atoms with Crippen LogP contribution in [0.4, 0.5) is 5.13 Å². The minimum Gasteiger partial charge on any atom is -0.363 e. The molecule has 0 amide bonds. The average Bonchev–Trinajstić information content (AvgIpc) is 2.76. The highest BCUT2D eigenvalue weighted by Crippen LogP contribution is 2.23. The van der Waals surface area contributed by atoms with E-state index in [0.29, 0.717) is 0 Å². The molecule has 0 aliphatic carbocycles. The van der Waals surface area contributed by atoms with Crippen molar-refractivity contribution < 1.29 is 0 Å². The molecule has 1 aromatic carbocycles. The predicted molar refractivity (Wildman–Crippen MR) is 80.4 cm³/mol. The van der Waals surface area contributed by atoms with Crippen molar-refractivity contribution in [2.75, 3.05) is 12.4 Å².